The van der Waals surface area contributed by atoms with Gasteiger partial charge in [0.2, 0.25) is 0 Å². The molecule has 0 spiro atoms. The first-order valence-electron chi connectivity index (χ1n) is 9.98. The largest absolute Gasteiger partial charge is 0.493 e. The molecule has 0 bridgehead atoms. The molecule has 1 atom stereocenters. The number of benzene rings is 1. The Bertz CT molecular complexity index is 637. The first-order chi connectivity index (χ1) is 12.9. The zero-order chi connectivity index (χ0) is 20.3. The second-order valence-corrected chi connectivity index (χ2v) is 7.51. The molecule has 1 aromatic carbocycles. The maximum Gasteiger partial charge on any atom is 0.256 e. The number of nitriles is 1. The standard InChI is InChI=1S/C22H34N2O3/c1-6-8-9-12-22(5,27-13-7-2)21(25)24-20-11-10-19(14-18(20)15-23)26-16-17(3)4/h10-11,14,17H,6-9,12-13,16H2,1-5H3,(H,24,25)/t22-/m0/s1. The van der Waals surface area contributed by atoms with Crippen LogP contribution in [0.2, 0.25) is 0 Å². The Morgan fingerprint density at radius 1 is 1.26 bits per heavy atom. The van der Waals surface area contributed by atoms with Crippen molar-refractivity contribution in [2.24, 2.45) is 5.92 Å². The van der Waals surface area contributed by atoms with Crippen molar-refractivity contribution in [3.8, 4) is 11.8 Å². The molecule has 0 heterocycles. The number of carbonyl (C=O) groups excluding carboxylic acids is 1. The molecule has 0 aromatic heterocycles. The number of nitrogens with zero attached hydrogens (tertiary/aromatic N) is 1. The van der Waals surface area contributed by atoms with Crippen LogP contribution < -0.4 is 10.1 Å². The topological polar surface area (TPSA) is 71.3 Å². The number of hydrogen-bond donors (Lipinski definition) is 1. The van der Waals surface area contributed by atoms with Crippen LogP contribution in [0.15, 0.2) is 18.2 Å². The summed E-state index contributed by atoms with van der Waals surface area (Å²) in [6, 6.07) is 7.30. The second kappa shape index (κ2) is 11.6. The molecule has 27 heavy (non-hydrogen) atoms. The Labute approximate surface area is 164 Å². The van der Waals surface area contributed by atoms with Gasteiger partial charge in [-0.3, -0.25) is 4.79 Å². The van der Waals surface area contributed by atoms with Crippen molar-refractivity contribution < 1.29 is 14.3 Å². The first kappa shape index (κ1) is 23.0. The molecule has 0 aliphatic rings. The van der Waals surface area contributed by atoms with Gasteiger partial charge in [-0.05, 0) is 43.9 Å². The van der Waals surface area contributed by atoms with E-state index in [1.165, 1.54) is 0 Å². The zero-order valence-electron chi connectivity index (χ0n) is 17.4. The summed E-state index contributed by atoms with van der Waals surface area (Å²) in [5.41, 5.74) is -0.0257. The van der Waals surface area contributed by atoms with Crippen LogP contribution in [0.1, 0.15) is 72.3 Å². The predicted molar refractivity (Wildman–Crippen MR) is 109 cm³/mol. The van der Waals surface area contributed by atoms with Crippen LogP contribution in [0.3, 0.4) is 0 Å². The molecule has 1 amide bonds. The Kier molecular flexibility index (Phi) is 9.88. The summed E-state index contributed by atoms with van der Waals surface area (Å²) in [5, 5.41) is 12.4. The van der Waals surface area contributed by atoms with Crippen molar-refractivity contribution in [2.75, 3.05) is 18.5 Å². The number of carbonyl (C=O) groups is 1. The Hall–Kier alpha value is -2.06. The molecule has 5 heteroatoms. The number of nitrogens with one attached hydrogen (secondary N) is 1. The summed E-state index contributed by atoms with van der Waals surface area (Å²) < 4.78 is 11.6. The van der Waals surface area contributed by atoms with E-state index in [1.807, 2.05) is 13.8 Å². The molecular weight excluding hydrogens is 340 g/mol. The highest BCUT2D eigenvalue weighted by Crippen LogP contribution is 2.26. The monoisotopic (exact) mass is 374 g/mol. The number of anilines is 1. The fourth-order valence-corrected chi connectivity index (χ4v) is 2.62. The average molecular weight is 375 g/mol. The Morgan fingerprint density at radius 2 is 2.00 bits per heavy atom. The molecule has 0 saturated carbocycles. The number of hydrogen-bond acceptors (Lipinski definition) is 4. The number of amides is 1. The molecule has 0 unspecified atom stereocenters. The molecule has 0 radical (unpaired) electrons. The lowest BCUT2D eigenvalue weighted by Crippen LogP contribution is -2.43. The highest BCUT2D eigenvalue weighted by molar-refractivity contribution is 5.98. The van der Waals surface area contributed by atoms with Gasteiger partial charge >= 0.3 is 0 Å². The van der Waals surface area contributed by atoms with Crippen molar-refractivity contribution >= 4 is 11.6 Å². The normalized spacial score (nSPS) is 13.1. The molecule has 150 valence electrons. The van der Waals surface area contributed by atoms with Gasteiger partial charge in [0.25, 0.3) is 5.91 Å². The van der Waals surface area contributed by atoms with Crippen molar-refractivity contribution in [1.82, 2.24) is 0 Å². The molecule has 1 aromatic rings. The van der Waals surface area contributed by atoms with Crippen molar-refractivity contribution in [2.45, 2.75) is 72.3 Å². The Morgan fingerprint density at radius 3 is 2.59 bits per heavy atom. The van der Waals surface area contributed by atoms with Gasteiger partial charge in [-0.1, -0.05) is 47.0 Å². The average Bonchev–Trinajstić information content (AvgIpc) is 2.65. The number of rotatable bonds is 12. The van der Waals surface area contributed by atoms with Crippen molar-refractivity contribution in [3.63, 3.8) is 0 Å². The van der Waals surface area contributed by atoms with Gasteiger partial charge in [0.1, 0.15) is 17.4 Å². The maximum atomic E-state index is 12.9. The third-order valence-electron chi connectivity index (χ3n) is 4.31. The minimum absolute atomic E-state index is 0.209. The third kappa shape index (κ3) is 7.60. The minimum Gasteiger partial charge on any atom is -0.493 e. The summed E-state index contributed by atoms with van der Waals surface area (Å²) in [4.78, 5) is 12.9. The van der Waals surface area contributed by atoms with E-state index < -0.39 is 5.60 Å². The predicted octanol–water partition coefficient (Wildman–Crippen LogP) is 5.30. The highest BCUT2D eigenvalue weighted by atomic mass is 16.5. The first-order valence-corrected chi connectivity index (χ1v) is 9.98. The molecule has 5 nitrogen and oxygen atoms in total. The van der Waals surface area contributed by atoms with Gasteiger partial charge in [-0.15, -0.1) is 0 Å². The van der Waals surface area contributed by atoms with Gasteiger partial charge in [0.15, 0.2) is 0 Å². The minimum atomic E-state index is -0.898. The van der Waals surface area contributed by atoms with E-state index in [2.05, 4.69) is 32.2 Å². The van der Waals surface area contributed by atoms with E-state index in [4.69, 9.17) is 9.47 Å². The fraction of sp³-hybridized carbons (Fsp3) is 0.636. The van der Waals surface area contributed by atoms with E-state index in [-0.39, 0.29) is 5.91 Å². The number of ether oxygens (including phenoxy) is 2. The van der Waals surface area contributed by atoms with Gasteiger partial charge in [0.05, 0.1) is 17.9 Å². The summed E-state index contributed by atoms with van der Waals surface area (Å²) in [5.74, 6) is 0.819. The zero-order valence-corrected chi connectivity index (χ0v) is 17.4. The summed E-state index contributed by atoms with van der Waals surface area (Å²) in [7, 11) is 0. The van der Waals surface area contributed by atoms with Crippen LogP contribution in [0.4, 0.5) is 5.69 Å². The van der Waals surface area contributed by atoms with Crippen LogP contribution in [0.5, 0.6) is 5.75 Å². The fourth-order valence-electron chi connectivity index (χ4n) is 2.62. The molecule has 0 aliphatic heterocycles. The molecule has 0 aliphatic carbocycles. The van der Waals surface area contributed by atoms with E-state index >= 15 is 0 Å². The number of unbranched alkanes of at least 4 members (excludes halogenated alkanes) is 2. The highest BCUT2D eigenvalue weighted by Gasteiger charge is 2.34. The molecule has 1 N–H and O–H groups in total. The molecule has 0 saturated heterocycles. The second-order valence-electron chi connectivity index (χ2n) is 7.51. The lowest BCUT2D eigenvalue weighted by atomic mass is 9.96. The van der Waals surface area contributed by atoms with E-state index in [0.29, 0.717) is 42.6 Å². The van der Waals surface area contributed by atoms with Crippen LogP contribution in [0, 0.1) is 17.2 Å². The SMILES string of the molecule is CCCCC[C@](C)(OCCC)C(=O)Nc1ccc(OCC(C)C)cc1C#N. The van der Waals surface area contributed by atoms with Gasteiger partial charge in [-0.2, -0.15) is 5.26 Å². The summed E-state index contributed by atoms with van der Waals surface area (Å²) >= 11 is 0. The smallest absolute Gasteiger partial charge is 0.256 e. The van der Waals surface area contributed by atoms with Gasteiger partial charge in [0, 0.05) is 6.61 Å². The lowest BCUT2D eigenvalue weighted by molar-refractivity contribution is -0.140. The summed E-state index contributed by atoms with van der Waals surface area (Å²) in [6.45, 7) is 11.2. The van der Waals surface area contributed by atoms with Crippen LogP contribution in [-0.2, 0) is 9.53 Å². The van der Waals surface area contributed by atoms with E-state index in [1.54, 1.807) is 18.2 Å². The quantitative estimate of drug-likeness (QED) is 0.504. The van der Waals surface area contributed by atoms with Crippen LogP contribution >= 0.6 is 0 Å². The lowest BCUT2D eigenvalue weighted by Gasteiger charge is -2.29. The van der Waals surface area contributed by atoms with Crippen molar-refractivity contribution in [1.29, 1.82) is 5.26 Å². The van der Waals surface area contributed by atoms with Crippen LogP contribution in [-0.4, -0.2) is 24.7 Å². The molecule has 0 fully saturated rings. The van der Waals surface area contributed by atoms with E-state index in [0.717, 1.165) is 25.7 Å². The summed E-state index contributed by atoms with van der Waals surface area (Å²) in [6.07, 6.45) is 4.58. The van der Waals surface area contributed by atoms with Crippen molar-refractivity contribution in [3.05, 3.63) is 23.8 Å². The third-order valence-corrected chi connectivity index (χ3v) is 4.31. The molecule has 1 rings (SSSR count). The van der Waals surface area contributed by atoms with Gasteiger partial charge < -0.3 is 14.8 Å². The maximum absolute atomic E-state index is 12.9. The van der Waals surface area contributed by atoms with Crippen LogP contribution in [0.25, 0.3) is 0 Å². The molecular formula is C22H34N2O3. The van der Waals surface area contributed by atoms with Gasteiger partial charge in [-0.25, -0.2) is 0 Å². The van der Waals surface area contributed by atoms with E-state index in [9.17, 15) is 10.1 Å². The Balaban J connectivity index is 2.91.